The average Bonchev–Trinajstić information content (AvgIpc) is 2.90. The van der Waals surface area contributed by atoms with Crippen LogP contribution in [-0.2, 0) is 9.53 Å². The predicted molar refractivity (Wildman–Crippen MR) is 102 cm³/mol. The van der Waals surface area contributed by atoms with Gasteiger partial charge in [-0.05, 0) is 72.8 Å². The molecule has 2 aromatic rings. The maximum absolute atomic E-state index is 12.1. The molecular weight excluding hydrogens is 417 g/mol. The molecule has 122 valence electrons. The number of hydrogen-bond donors (Lipinski definition) is 0. The van der Waals surface area contributed by atoms with E-state index in [-0.39, 0.29) is 11.8 Å². The van der Waals surface area contributed by atoms with Crippen molar-refractivity contribution in [2.45, 2.75) is 20.0 Å². The maximum Gasteiger partial charge on any atom is 0.363 e. The molecule has 1 heterocycles. The third-order valence-electron chi connectivity index (χ3n) is 3.29. The van der Waals surface area contributed by atoms with Gasteiger partial charge in [0.05, 0.1) is 6.10 Å². The summed E-state index contributed by atoms with van der Waals surface area (Å²) in [5, 5.41) is 0. The average molecular weight is 433 g/mol. The van der Waals surface area contributed by atoms with E-state index in [2.05, 4.69) is 27.6 Å². The van der Waals surface area contributed by atoms with E-state index in [1.807, 2.05) is 62.4 Å². The first-order valence-corrected chi connectivity index (χ1v) is 8.65. The van der Waals surface area contributed by atoms with Crippen molar-refractivity contribution in [3.05, 3.63) is 68.9 Å². The van der Waals surface area contributed by atoms with Gasteiger partial charge in [-0.2, -0.15) is 0 Å². The van der Waals surface area contributed by atoms with Crippen LogP contribution in [0.3, 0.4) is 0 Å². The number of carbonyl (C=O) groups excluding carboxylic acids is 1. The van der Waals surface area contributed by atoms with Gasteiger partial charge in [-0.1, -0.05) is 18.2 Å². The minimum Gasteiger partial charge on any atom is -0.490 e. The van der Waals surface area contributed by atoms with Crippen molar-refractivity contribution >= 4 is 40.5 Å². The number of hydrogen-bond acceptors (Lipinski definition) is 4. The Hall–Kier alpha value is -2.15. The summed E-state index contributed by atoms with van der Waals surface area (Å²) in [6.45, 7) is 3.92. The van der Waals surface area contributed by atoms with Crippen LogP contribution in [0, 0.1) is 3.57 Å². The number of para-hydroxylation sites is 1. The van der Waals surface area contributed by atoms with Crippen LogP contribution in [-0.4, -0.2) is 18.0 Å². The van der Waals surface area contributed by atoms with Gasteiger partial charge in [-0.3, -0.25) is 0 Å². The second-order valence-electron chi connectivity index (χ2n) is 5.55. The van der Waals surface area contributed by atoms with E-state index < -0.39 is 5.97 Å². The van der Waals surface area contributed by atoms with Gasteiger partial charge in [-0.15, -0.1) is 0 Å². The molecule has 3 rings (SSSR count). The van der Waals surface area contributed by atoms with Crippen LogP contribution in [0.15, 0.2) is 59.2 Å². The third-order valence-corrected chi connectivity index (χ3v) is 4.00. The highest BCUT2D eigenvalue weighted by Crippen LogP contribution is 2.25. The normalized spacial score (nSPS) is 15.6. The van der Waals surface area contributed by atoms with E-state index in [0.29, 0.717) is 11.6 Å². The second-order valence-corrected chi connectivity index (χ2v) is 6.79. The van der Waals surface area contributed by atoms with Crippen LogP contribution in [0.4, 0.5) is 0 Å². The number of cyclic esters (lactones) is 1. The molecule has 0 aliphatic carbocycles. The van der Waals surface area contributed by atoms with Gasteiger partial charge in [0.25, 0.3) is 0 Å². The first kappa shape index (κ1) is 16.7. The molecule has 4 nitrogen and oxygen atoms in total. The Balaban J connectivity index is 1.93. The molecule has 0 radical (unpaired) electrons. The first-order valence-electron chi connectivity index (χ1n) is 7.57. The minimum atomic E-state index is -0.456. The molecule has 1 aliphatic rings. The predicted octanol–water partition coefficient (Wildman–Crippen LogP) is 4.42. The van der Waals surface area contributed by atoms with Crippen LogP contribution < -0.4 is 4.74 Å². The summed E-state index contributed by atoms with van der Waals surface area (Å²) >= 11 is 2.22. The number of aliphatic imine (C=N–C) groups is 1. The Bertz CT molecular complexity index is 823. The zero-order valence-electron chi connectivity index (χ0n) is 13.3. The lowest BCUT2D eigenvalue weighted by Gasteiger charge is -2.12. The molecule has 0 saturated heterocycles. The molecule has 2 aromatic carbocycles. The Labute approximate surface area is 154 Å². The Morgan fingerprint density at radius 2 is 1.83 bits per heavy atom. The zero-order chi connectivity index (χ0) is 17.1. The number of rotatable bonds is 4. The minimum absolute atomic E-state index is 0.0472. The fraction of sp³-hybridized carbons (Fsp3) is 0.158. The summed E-state index contributed by atoms with van der Waals surface area (Å²) in [7, 11) is 0. The van der Waals surface area contributed by atoms with Crippen LogP contribution in [0.5, 0.6) is 5.75 Å². The number of halogens is 1. The molecule has 0 fully saturated rings. The quantitative estimate of drug-likeness (QED) is 0.408. The molecule has 1 aliphatic heterocycles. The standard InChI is InChI=1S/C19H16INO3/c1-12(2)23-17-6-4-3-5-14(17)11-16-19(22)24-18(21-16)13-7-9-15(20)10-8-13/h3-12H,1-2H3/b16-11-. The summed E-state index contributed by atoms with van der Waals surface area (Å²) in [5.41, 5.74) is 1.84. The second kappa shape index (κ2) is 7.17. The number of ether oxygens (including phenoxy) is 2. The van der Waals surface area contributed by atoms with E-state index in [0.717, 1.165) is 14.7 Å². The van der Waals surface area contributed by atoms with Crippen molar-refractivity contribution < 1.29 is 14.3 Å². The molecule has 0 N–H and O–H groups in total. The smallest absolute Gasteiger partial charge is 0.363 e. The number of carbonyl (C=O) groups is 1. The van der Waals surface area contributed by atoms with Gasteiger partial charge in [-0.25, -0.2) is 9.79 Å². The van der Waals surface area contributed by atoms with Gasteiger partial charge in [0.15, 0.2) is 5.70 Å². The molecule has 24 heavy (non-hydrogen) atoms. The van der Waals surface area contributed by atoms with E-state index >= 15 is 0 Å². The van der Waals surface area contributed by atoms with E-state index in [9.17, 15) is 4.79 Å². The summed E-state index contributed by atoms with van der Waals surface area (Å²) in [5.74, 6) is 0.582. The topological polar surface area (TPSA) is 47.9 Å². The fourth-order valence-electron chi connectivity index (χ4n) is 2.23. The monoisotopic (exact) mass is 433 g/mol. The van der Waals surface area contributed by atoms with Crippen molar-refractivity contribution in [3.8, 4) is 5.75 Å². The van der Waals surface area contributed by atoms with E-state index in [1.54, 1.807) is 6.08 Å². The van der Waals surface area contributed by atoms with Crippen molar-refractivity contribution in [1.29, 1.82) is 0 Å². The van der Waals surface area contributed by atoms with Crippen LogP contribution in [0.1, 0.15) is 25.0 Å². The van der Waals surface area contributed by atoms with Gasteiger partial charge in [0.1, 0.15) is 5.75 Å². The van der Waals surface area contributed by atoms with Gasteiger partial charge in [0, 0.05) is 14.7 Å². The van der Waals surface area contributed by atoms with Gasteiger partial charge < -0.3 is 9.47 Å². The molecule has 0 saturated carbocycles. The molecule has 0 atom stereocenters. The molecule has 0 bridgehead atoms. The largest absolute Gasteiger partial charge is 0.490 e. The fourth-order valence-corrected chi connectivity index (χ4v) is 2.59. The summed E-state index contributed by atoms with van der Waals surface area (Å²) in [4.78, 5) is 16.4. The molecule has 0 unspecified atom stereocenters. The van der Waals surface area contributed by atoms with E-state index in [1.165, 1.54) is 0 Å². The van der Waals surface area contributed by atoms with Crippen molar-refractivity contribution in [2.75, 3.05) is 0 Å². The summed E-state index contributed by atoms with van der Waals surface area (Å²) in [6.07, 6.45) is 1.74. The molecule has 5 heteroatoms. The van der Waals surface area contributed by atoms with Crippen molar-refractivity contribution in [1.82, 2.24) is 0 Å². The number of benzene rings is 2. The van der Waals surface area contributed by atoms with Crippen LogP contribution in [0.25, 0.3) is 6.08 Å². The lowest BCUT2D eigenvalue weighted by molar-refractivity contribution is -0.129. The van der Waals surface area contributed by atoms with Gasteiger partial charge >= 0.3 is 5.97 Å². The summed E-state index contributed by atoms with van der Waals surface area (Å²) in [6, 6.07) is 15.2. The lowest BCUT2D eigenvalue weighted by atomic mass is 10.1. The molecular formula is C19H16INO3. The van der Waals surface area contributed by atoms with Crippen LogP contribution in [0.2, 0.25) is 0 Å². The zero-order valence-corrected chi connectivity index (χ0v) is 15.5. The highest BCUT2D eigenvalue weighted by atomic mass is 127. The van der Waals surface area contributed by atoms with Gasteiger partial charge in [0.2, 0.25) is 5.90 Å². The Kier molecular flexibility index (Phi) is 4.99. The van der Waals surface area contributed by atoms with E-state index in [4.69, 9.17) is 9.47 Å². The summed E-state index contributed by atoms with van der Waals surface area (Å²) < 4.78 is 12.2. The maximum atomic E-state index is 12.1. The van der Waals surface area contributed by atoms with Crippen LogP contribution >= 0.6 is 22.6 Å². The highest BCUT2D eigenvalue weighted by molar-refractivity contribution is 14.1. The van der Waals surface area contributed by atoms with Crippen molar-refractivity contribution in [3.63, 3.8) is 0 Å². The first-order chi connectivity index (χ1) is 11.5. The number of nitrogens with zero attached hydrogens (tertiary/aromatic N) is 1. The molecule has 0 spiro atoms. The van der Waals surface area contributed by atoms with Crippen molar-refractivity contribution in [2.24, 2.45) is 4.99 Å². The lowest BCUT2D eigenvalue weighted by Crippen LogP contribution is -2.07. The number of esters is 1. The Morgan fingerprint density at radius 3 is 2.54 bits per heavy atom. The molecule has 0 amide bonds. The molecule has 0 aromatic heterocycles. The SMILES string of the molecule is CC(C)Oc1ccccc1/C=C1\N=C(c2ccc(I)cc2)OC1=O. The Morgan fingerprint density at radius 1 is 1.12 bits per heavy atom. The highest BCUT2D eigenvalue weighted by Gasteiger charge is 2.24. The third kappa shape index (κ3) is 3.84.